The van der Waals surface area contributed by atoms with Crippen LogP contribution in [0.5, 0.6) is 0 Å². The summed E-state index contributed by atoms with van der Waals surface area (Å²) in [6, 6.07) is 8.27. The average Bonchev–Trinajstić information content (AvgIpc) is 2.38. The first-order valence-corrected chi connectivity index (χ1v) is 6.57. The lowest BCUT2D eigenvalue weighted by atomic mass is 10.1. The van der Waals surface area contributed by atoms with Gasteiger partial charge in [-0.3, -0.25) is 0 Å². The predicted molar refractivity (Wildman–Crippen MR) is 75.0 cm³/mol. The van der Waals surface area contributed by atoms with Gasteiger partial charge in [0, 0.05) is 19.0 Å². The summed E-state index contributed by atoms with van der Waals surface area (Å²) in [5.41, 5.74) is 0.948. The van der Waals surface area contributed by atoms with Crippen LogP contribution in [0.3, 0.4) is 0 Å². The van der Waals surface area contributed by atoms with Crippen LogP contribution in [0.2, 0.25) is 5.15 Å². The Hall–Kier alpha value is -1.68. The van der Waals surface area contributed by atoms with Gasteiger partial charge in [0.1, 0.15) is 22.6 Å². The van der Waals surface area contributed by atoms with E-state index >= 15 is 0 Å². The zero-order chi connectivity index (χ0) is 13.7. The Morgan fingerprint density at radius 1 is 1.26 bits per heavy atom. The van der Waals surface area contributed by atoms with Gasteiger partial charge >= 0.3 is 0 Å². The summed E-state index contributed by atoms with van der Waals surface area (Å²) >= 11 is 5.90. The van der Waals surface area contributed by atoms with Gasteiger partial charge < -0.3 is 5.32 Å². The fraction of sp³-hybridized carbons (Fsp3) is 0.286. The molecule has 0 spiro atoms. The highest BCUT2D eigenvalue weighted by atomic mass is 35.5. The van der Waals surface area contributed by atoms with Crippen molar-refractivity contribution in [3.05, 3.63) is 52.7 Å². The van der Waals surface area contributed by atoms with Crippen LogP contribution in [-0.4, -0.2) is 16.5 Å². The van der Waals surface area contributed by atoms with Gasteiger partial charge in [0.05, 0.1) is 0 Å². The van der Waals surface area contributed by atoms with Crippen LogP contribution in [-0.2, 0) is 12.8 Å². The molecule has 0 atom stereocenters. The molecule has 1 heterocycles. The first-order valence-electron chi connectivity index (χ1n) is 6.19. The van der Waals surface area contributed by atoms with Crippen molar-refractivity contribution in [2.75, 3.05) is 11.9 Å². The first-order chi connectivity index (χ1) is 9.17. The molecule has 0 aliphatic carbocycles. The quantitative estimate of drug-likeness (QED) is 0.852. The van der Waals surface area contributed by atoms with Crippen LogP contribution in [0.4, 0.5) is 10.2 Å². The second-order valence-corrected chi connectivity index (χ2v) is 4.54. The second kappa shape index (κ2) is 6.48. The molecule has 3 nitrogen and oxygen atoms in total. The minimum absolute atomic E-state index is 0.212. The highest BCUT2D eigenvalue weighted by Gasteiger charge is 2.02. The number of benzene rings is 1. The standard InChI is InChI=1S/C14H15ClFN3/c1-2-13-18-12(15)9-14(19-13)17-7-6-10-4-3-5-11(16)8-10/h3-5,8-9H,2,6-7H2,1H3,(H,17,18,19). The van der Waals surface area contributed by atoms with Crippen LogP contribution < -0.4 is 5.32 Å². The van der Waals surface area contributed by atoms with Gasteiger partial charge in [0.15, 0.2) is 0 Å². The number of anilines is 1. The van der Waals surface area contributed by atoms with E-state index in [1.165, 1.54) is 12.1 Å². The lowest BCUT2D eigenvalue weighted by molar-refractivity contribution is 0.625. The number of aromatic nitrogens is 2. The molecule has 1 N–H and O–H groups in total. The Labute approximate surface area is 116 Å². The van der Waals surface area contributed by atoms with E-state index in [2.05, 4.69) is 15.3 Å². The predicted octanol–water partition coefficient (Wildman–Crippen LogP) is 3.49. The maximum absolute atomic E-state index is 13.0. The molecule has 0 unspecified atom stereocenters. The summed E-state index contributed by atoms with van der Waals surface area (Å²) in [6.07, 6.45) is 1.46. The average molecular weight is 280 g/mol. The summed E-state index contributed by atoms with van der Waals surface area (Å²) < 4.78 is 13.0. The van der Waals surface area contributed by atoms with Crippen LogP contribution >= 0.6 is 11.6 Å². The van der Waals surface area contributed by atoms with Gasteiger partial charge in [-0.1, -0.05) is 30.7 Å². The van der Waals surface area contributed by atoms with Crippen LogP contribution in [0.1, 0.15) is 18.3 Å². The van der Waals surface area contributed by atoms with Crippen molar-refractivity contribution >= 4 is 17.4 Å². The summed E-state index contributed by atoms with van der Waals surface area (Å²) in [7, 11) is 0. The van der Waals surface area contributed by atoms with Crippen molar-refractivity contribution in [1.29, 1.82) is 0 Å². The van der Waals surface area contributed by atoms with Crippen molar-refractivity contribution < 1.29 is 4.39 Å². The van der Waals surface area contributed by atoms with Crippen molar-refractivity contribution in [2.45, 2.75) is 19.8 Å². The Morgan fingerprint density at radius 2 is 2.11 bits per heavy atom. The third-order valence-electron chi connectivity index (χ3n) is 2.67. The number of rotatable bonds is 5. The highest BCUT2D eigenvalue weighted by molar-refractivity contribution is 6.29. The third kappa shape index (κ3) is 4.17. The second-order valence-electron chi connectivity index (χ2n) is 4.15. The number of aryl methyl sites for hydroxylation is 1. The summed E-state index contributed by atoms with van der Waals surface area (Å²) in [4.78, 5) is 8.41. The van der Waals surface area contributed by atoms with Gasteiger partial charge in [-0.25, -0.2) is 14.4 Å². The van der Waals surface area contributed by atoms with E-state index in [0.717, 1.165) is 18.4 Å². The summed E-state index contributed by atoms with van der Waals surface area (Å²) in [6.45, 7) is 2.64. The fourth-order valence-corrected chi connectivity index (χ4v) is 1.94. The smallest absolute Gasteiger partial charge is 0.134 e. The molecule has 2 aromatic rings. The summed E-state index contributed by atoms with van der Waals surface area (Å²) in [5, 5.41) is 3.60. The SMILES string of the molecule is CCc1nc(Cl)cc(NCCc2cccc(F)c2)n1. The van der Waals surface area contributed by atoms with Crippen molar-refractivity contribution in [3.63, 3.8) is 0 Å². The fourth-order valence-electron chi connectivity index (χ4n) is 1.74. The van der Waals surface area contributed by atoms with Crippen LogP contribution in [0, 0.1) is 5.82 Å². The molecule has 2 rings (SSSR count). The van der Waals surface area contributed by atoms with E-state index in [-0.39, 0.29) is 5.82 Å². The van der Waals surface area contributed by atoms with Gasteiger partial charge in [0.2, 0.25) is 0 Å². The van der Waals surface area contributed by atoms with E-state index in [4.69, 9.17) is 11.6 Å². The molecule has 1 aromatic carbocycles. The number of hydrogen-bond donors (Lipinski definition) is 1. The molecule has 0 saturated carbocycles. The lowest BCUT2D eigenvalue weighted by Gasteiger charge is -2.07. The molecule has 1 aromatic heterocycles. The maximum atomic E-state index is 13.0. The van der Waals surface area contributed by atoms with E-state index < -0.39 is 0 Å². The van der Waals surface area contributed by atoms with Crippen molar-refractivity contribution in [2.24, 2.45) is 0 Å². The largest absolute Gasteiger partial charge is 0.370 e. The van der Waals surface area contributed by atoms with Gasteiger partial charge in [-0.2, -0.15) is 0 Å². The maximum Gasteiger partial charge on any atom is 0.134 e. The number of nitrogens with one attached hydrogen (secondary N) is 1. The van der Waals surface area contributed by atoms with Gasteiger partial charge in [-0.05, 0) is 24.1 Å². The molecule has 19 heavy (non-hydrogen) atoms. The summed E-state index contributed by atoms with van der Waals surface area (Å²) in [5.74, 6) is 1.20. The molecule has 0 radical (unpaired) electrons. The minimum atomic E-state index is -0.212. The first kappa shape index (κ1) is 13.7. The Bertz CT molecular complexity index is 560. The topological polar surface area (TPSA) is 37.8 Å². The molecule has 100 valence electrons. The molecule has 0 saturated heterocycles. The zero-order valence-corrected chi connectivity index (χ0v) is 11.4. The Kier molecular flexibility index (Phi) is 4.68. The number of hydrogen-bond acceptors (Lipinski definition) is 3. The molecule has 0 aliphatic rings. The molecule has 0 bridgehead atoms. The van der Waals surface area contributed by atoms with E-state index in [0.29, 0.717) is 23.3 Å². The number of nitrogens with zero attached hydrogens (tertiary/aromatic N) is 2. The van der Waals surface area contributed by atoms with E-state index in [1.54, 1.807) is 12.1 Å². The van der Waals surface area contributed by atoms with E-state index in [1.807, 2.05) is 13.0 Å². The third-order valence-corrected chi connectivity index (χ3v) is 2.86. The monoisotopic (exact) mass is 279 g/mol. The molecule has 5 heteroatoms. The molecule has 0 aliphatic heterocycles. The van der Waals surface area contributed by atoms with Crippen LogP contribution in [0.15, 0.2) is 30.3 Å². The molecular formula is C14H15ClFN3. The van der Waals surface area contributed by atoms with Crippen molar-refractivity contribution in [3.8, 4) is 0 Å². The highest BCUT2D eigenvalue weighted by Crippen LogP contribution is 2.12. The Morgan fingerprint density at radius 3 is 2.84 bits per heavy atom. The molecule has 0 fully saturated rings. The van der Waals surface area contributed by atoms with Gasteiger partial charge in [-0.15, -0.1) is 0 Å². The van der Waals surface area contributed by atoms with Gasteiger partial charge in [0.25, 0.3) is 0 Å². The number of halogens is 2. The zero-order valence-electron chi connectivity index (χ0n) is 10.7. The Balaban J connectivity index is 1.94. The molecule has 0 amide bonds. The molecular weight excluding hydrogens is 265 g/mol. The minimum Gasteiger partial charge on any atom is -0.370 e. The van der Waals surface area contributed by atoms with Crippen LogP contribution in [0.25, 0.3) is 0 Å². The van der Waals surface area contributed by atoms with Crippen molar-refractivity contribution in [1.82, 2.24) is 9.97 Å². The normalized spacial score (nSPS) is 10.5. The lowest BCUT2D eigenvalue weighted by Crippen LogP contribution is -2.08. The van der Waals surface area contributed by atoms with E-state index in [9.17, 15) is 4.39 Å².